The second-order valence-corrected chi connectivity index (χ2v) is 11.5. The molecule has 0 aliphatic rings. The van der Waals surface area contributed by atoms with Gasteiger partial charge in [-0.25, -0.2) is 8.42 Å². The van der Waals surface area contributed by atoms with E-state index in [9.17, 15) is 8.42 Å². The van der Waals surface area contributed by atoms with E-state index >= 15 is 0 Å². The molecule has 33 heavy (non-hydrogen) atoms. The summed E-state index contributed by atoms with van der Waals surface area (Å²) in [5, 5.41) is 0. The Morgan fingerprint density at radius 1 is 0.576 bits per heavy atom. The van der Waals surface area contributed by atoms with Crippen LogP contribution in [0.3, 0.4) is 0 Å². The Morgan fingerprint density at radius 3 is 1.27 bits per heavy atom. The van der Waals surface area contributed by atoms with Crippen molar-refractivity contribution < 1.29 is 8.42 Å². The minimum Gasteiger partial charge on any atom is -0.228 e. The molecule has 0 aliphatic heterocycles. The largest absolute Gasteiger partial charge is 0.228 e. The summed E-state index contributed by atoms with van der Waals surface area (Å²) in [6.07, 6.45) is 24.4. The summed E-state index contributed by atoms with van der Waals surface area (Å²) in [5.41, 5.74) is 7.24. The minimum atomic E-state index is -3.16. The van der Waals surface area contributed by atoms with Crippen molar-refractivity contribution in [2.75, 3.05) is 11.5 Å². The lowest BCUT2D eigenvalue weighted by atomic mass is 10.1. The molecule has 0 saturated carbocycles. The lowest BCUT2D eigenvalue weighted by Gasteiger charge is -2.00. The number of hydrogen-bond donors (Lipinski definition) is 0. The van der Waals surface area contributed by atoms with Crippen LogP contribution >= 0.6 is 0 Å². The van der Waals surface area contributed by atoms with E-state index < -0.39 is 9.84 Å². The standard InChI is InChI=1S/C30H46O2S/c1-25(2)13-9-15-27(5)17-11-19-29(7)21-23-33(31,32)24-22-30(8)20-12-18-28(6)16-10-14-26(3)4/h11-14,17-22H,9-10,15-16,23-24H2,1-8H3. The third-order valence-corrected chi connectivity index (χ3v) is 6.33. The Kier molecular flexibility index (Phi) is 16.2. The van der Waals surface area contributed by atoms with E-state index in [4.69, 9.17) is 0 Å². The molecule has 0 aromatic rings. The molecule has 0 aliphatic carbocycles. The molecule has 0 aromatic heterocycles. The maximum atomic E-state index is 12.4. The fourth-order valence-corrected chi connectivity index (χ4v) is 3.96. The lowest BCUT2D eigenvalue weighted by Crippen LogP contribution is -2.08. The number of rotatable bonds is 14. The average molecular weight is 471 g/mol. The van der Waals surface area contributed by atoms with Gasteiger partial charge in [0.1, 0.15) is 0 Å². The second-order valence-electron chi connectivity index (χ2n) is 9.36. The normalized spacial score (nSPS) is 14.3. The van der Waals surface area contributed by atoms with Crippen LogP contribution in [0.2, 0.25) is 0 Å². The zero-order chi connectivity index (χ0) is 25.3. The highest BCUT2D eigenvalue weighted by Crippen LogP contribution is 2.09. The summed E-state index contributed by atoms with van der Waals surface area (Å²) in [6.45, 7) is 16.6. The maximum Gasteiger partial charge on any atom is 0.157 e. The van der Waals surface area contributed by atoms with Gasteiger partial charge in [0, 0.05) is 0 Å². The van der Waals surface area contributed by atoms with Crippen LogP contribution in [-0.4, -0.2) is 19.9 Å². The zero-order valence-electron chi connectivity index (χ0n) is 22.2. The van der Waals surface area contributed by atoms with Crippen LogP contribution in [0.15, 0.2) is 94.2 Å². The van der Waals surface area contributed by atoms with E-state index in [1.807, 2.05) is 38.2 Å². The average Bonchev–Trinajstić information content (AvgIpc) is 2.70. The zero-order valence-corrected chi connectivity index (χ0v) is 23.1. The molecule has 0 N–H and O–H groups in total. The van der Waals surface area contributed by atoms with Crippen LogP contribution in [0.25, 0.3) is 0 Å². The lowest BCUT2D eigenvalue weighted by molar-refractivity contribution is 0.601. The SMILES string of the molecule is CC(C)=CCCC(C)=CC=CC(C)=CCS(=O)(=O)CC=C(C)C=CC=C(C)CCC=C(C)C. The van der Waals surface area contributed by atoms with Crippen molar-refractivity contribution in [3.05, 3.63) is 94.2 Å². The van der Waals surface area contributed by atoms with Gasteiger partial charge >= 0.3 is 0 Å². The summed E-state index contributed by atoms with van der Waals surface area (Å²) >= 11 is 0. The molecule has 0 radical (unpaired) electrons. The van der Waals surface area contributed by atoms with Crippen molar-refractivity contribution in [1.29, 1.82) is 0 Å². The Bertz CT molecular complexity index is 863. The van der Waals surface area contributed by atoms with Crippen LogP contribution in [0, 0.1) is 0 Å². The summed E-state index contributed by atoms with van der Waals surface area (Å²) in [7, 11) is -3.16. The summed E-state index contributed by atoms with van der Waals surface area (Å²) < 4.78 is 24.8. The van der Waals surface area contributed by atoms with Crippen LogP contribution in [0.4, 0.5) is 0 Å². The Balaban J connectivity index is 4.67. The van der Waals surface area contributed by atoms with Crippen molar-refractivity contribution in [3.63, 3.8) is 0 Å². The minimum absolute atomic E-state index is 0.0588. The number of hydrogen-bond acceptors (Lipinski definition) is 2. The molecule has 0 amide bonds. The van der Waals surface area contributed by atoms with Gasteiger partial charge in [-0.15, -0.1) is 0 Å². The van der Waals surface area contributed by atoms with Crippen molar-refractivity contribution in [3.8, 4) is 0 Å². The first kappa shape index (κ1) is 30.9. The summed E-state index contributed by atoms with van der Waals surface area (Å²) in [5.74, 6) is 0.118. The molecule has 0 aromatic carbocycles. The first-order chi connectivity index (χ1) is 15.4. The molecule has 0 fully saturated rings. The quantitative estimate of drug-likeness (QED) is 0.188. The highest BCUT2D eigenvalue weighted by Gasteiger charge is 2.06. The topological polar surface area (TPSA) is 34.1 Å². The van der Waals surface area contributed by atoms with E-state index in [-0.39, 0.29) is 11.5 Å². The van der Waals surface area contributed by atoms with E-state index in [0.717, 1.165) is 36.8 Å². The van der Waals surface area contributed by atoms with Gasteiger partial charge in [-0.3, -0.25) is 0 Å². The van der Waals surface area contributed by atoms with Gasteiger partial charge < -0.3 is 0 Å². The van der Waals surface area contributed by atoms with Crippen molar-refractivity contribution >= 4 is 9.84 Å². The van der Waals surface area contributed by atoms with Crippen LogP contribution in [-0.2, 0) is 9.84 Å². The molecule has 0 unspecified atom stereocenters. The predicted molar refractivity (Wildman–Crippen MR) is 149 cm³/mol. The van der Waals surface area contributed by atoms with E-state index in [2.05, 4.69) is 65.8 Å². The monoisotopic (exact) mass is 470 g/mol. The Morgan fingerprint density at radius 2 is 0.939 bits per heavy atom. The molecule has 3 heteroatoms. The van der Waals surface area contributed by atoms with Gasteiger partial charge in [0.05, 0.1) is 11.5 Å². The molecule has 0 spiro atoms. The third-order valence-electron chi connectivity index (χ3n) is 4.98. The Labute approximate surface area is 204 Å². The molecule has 0 rings (SSSR count). The molecule has 0 bridgehead atoms. The highest BCUT2D eigenvalue weighted by atomic mass is 32.2. The van der Waals surface area contributed by atoms with Crippen molar-refractivity contribution in [1.82, 2.24) is 0 Å². The highest BCUT2D eigenvalue weighted by molar-refractivity contribution is 7.91. The van der Waals surface area contributed by atoms with E-state index in [1.165, 1.54) is 22.3 Å². The second kappa shape index (κ2) is 17.4. The van der Waals surface area contributed by atoms with Gasteiger partial charge in [-0.2, -0.15) is 0 Å². The van der Waals surface area contributed by atoms with Crippen molar-refractivity contribution in [2.45, 2.75) is 81.1 Å². The van der Waals surface area contributed by atoms with Crippen LogP contribution < -0.4 is 0 Å². The predicted octanol–water partition coefficient (Wildman–Crippen LogP) is 8.79. The molecular weight excluding hydrogens is 424 g/mol. The maximum absolute atomic E-state index is 12.4. The molecule has 0 atom stereocenters. The van der Waals surface area contributed by atoms with Gasteiger partial charge in [0.15, 0.2) is 9.84 Å². The molecule has 0 heterocycles. The van der Waals surface area contributed by atoms with Crippen LogP contribution in [0.5, 0.6) is 0 Å². The smallest absolute Gasteiger partial charge is 0.157 e. The molecule has 184 valence electrons. The van der Waals surface area contributed by atoms with Gasteiger partial charge in [-0.1, -0.05) is 94.2 Å². The molecule has 0 saturated heterocycles. The first-order valence-corrected chi connectivity index (χ1v) is 13.7. The van der Waals surface area contributed by atoms with Gasteiger partial charge in [0.25, 0.3) is 0 Å². The fourth-order valence-electron chi connectivity index (χ4n) is 2.79. The van der Waals surface area contributed by atoms with E-state index in [0.29, 0.717) is 0 Å². The van der Waals surface area contributed by atoms with Gasteiger partial charge in [0.2, 0.25) is 0 Å². The number of allylic oxidation sites excluding steroid dienone is 14. The first-order valence-electron chi connectivity index (χ1n) is 11.9. The molecular formula is C30H46O2S. The third kappa shape index (κ3) is 20.2. The van der Waals surface area contributed by atoms with Crippen molar-refractivity contribution in [2.24, 2.45) is 0 Å². The Hall–Kier alpha value is -2.13. The van der Waals surface area contributed by atoms with E-state index in [1.54, 1.807) is 12.2 Å². The summed E-state index contributed by atoms with van der Waals surface area (Å²) in [4.78, 5) is 0. The molecule has 2 nitrogen and oxygen atoms in total. The van der Waals surface area contributed by atoms with Gasteiger partial charge in [-0.05, 0) is 81.1 Å². The van der Waals surface area contributed by atoms with Crippen LogP contribution in [0.1, 0.15) is 81.1 Å². The number of sulfone groups is 1. The fraction of sp³-hybridized carbons (Fsp3) is 0.467. The summed E-state index contributed by atoms with van der Waals surface area (Å²) in [6, 6.07) is 0.